The van der Waals surface area contributed by atoms with Crippen molar-refractivity contribution in [2.24, 2.45) is 12.8 Å². The Morgan fingerprint density at radius 3 is 2.58 bits per heavy atom. The number of benzene rings is 1. The van der Waals surface area contributed by atoms with Gasteiger partial charge in [0.05, 0.1) is 12.6 Å². The molecule has 2 N–H and O–H groups in total. The lowest BCUT2D eigenvalue weighted by atomic mass is 9.80. The van der Waals surface area contributed by atoms with Gasteiger partial charge in [0.15, 0.2) is 0 Å². The number of fused-ring (bicyclic) bond motifs is 1. The molecule has 0 saturated heterocycles. The van der Waals surface area contributed by atoms with Crippen molar-refractivity contribution >= 4 is 10.9 Å². The molecule has 0 spiro atoms. The summed E-state index contributed by atoms with van der Waals surface area (Å²) in [5.74, 6) is 0.902. The van der Waals surface area contributed by atoms with E-state index in [2.05, 4.69) is 29.8 Å². The van der Waals surface area contributed by atoms with Crippen molar-refractivity contribution in [1.29, 1.82) is 0 Å². The average molecular weight is 258 g/mol. The van der Waals surface area contributed by atoms with E-state index in [0.29, 0.717) is 0 Å². The maximum absolute atomic E-state index is 6.66. The van der Waals surface area contributed by atoms with Crippen molar-refractivity contribution in [3.8, 4) is 5.75 Å². The van der Waals surface area contributed by atoms with E-state index in [1.165, 1.54) is 35.9 Å². The van der Waals surface area contributed by atoms with Gasteiger partial charge >= 0.3 is 0 Å². The monoisotopic (exact) mass is 258 g/mol. The molecule has 3 heteroatoms. The standard InChI is InChI=1S/C16H22N2O/c1-18-14-7-6-13(19-2)10-12(14)11-15(18)16(17)8-4-3-5-9-16/h6-7,10-11H,3-5,8-9,17H2,1-2H3. The first-order chi connectivity index (χ1) is 9.14. The molecule has 0 radical (unpaired) electrons. The maximum atomic E-state index is 6.66. The number of aryl methyl sites for hydroxylation is 1. The van der Waals surface area contributed by atoms with Crippen molar-refractivity contribution in [1.82, 2.24) is 4.57 Å². The molecule has 0 unspecified atom stereocenters. The highest BCUT2D eigenvalue weighted by Crippen LogP contribution is 2.37. The van der Waals surface area contributed by atoms with Crippen LogP contribution in [0.15, 0.2) is 24.3 Å². The number of hydrogen-bond acceptors (Lipinski definition) is 2. The van der Waals surface area contributed by atoms with Crippen LogP contribution >= 0.6 is 0 Å². The smallest absolute Gasteiger partial charge is 0.119 e. The minimum atomic E-state index is -0.154. The number of methoxy groups -OCH3 is 1. The molecular weight excluding hydrogens is 236 g/mol. The Kier molecular flexibility index (Phi) is 3.02. The molecule has 3 nitrogen and oxygen atoms in total. The molecule has 2 aromatic rings. The van der Waals surface area contributed by atoms with E-state index < -0.39 is 0 Å². The molecule has 1 fully saturated rings. The third kappa shape index (κ3) is 2.02. The number of aromatic nitrogens is 1. The predicted molar refractivity (Wildman–Crippen MR) is 78.4 cm³/mol. The van der Waals surface area contributed by atoms with Gasteiger partial charge in [0, 0.05) is 23.6 Å². The zero-order chi connectivity index (χ0) is 13.5. The lowest BCUT2D eigenvalue weighted by molar-refractivity contribution is 0.290. The fraction of sp³-hybridized carbons (Fsp3) is 0.500. The maximum Gasteiger partial charge on any atom is 0.119 e. The number of hydrogen-bond donors (Lipinski definition) is 1. The number of ether oxygens (including phenoxy) is 1. The molecule has 1 saturated carbocycles. The topological polar surface area (TPSA) is 40.2 Å². The van der Waals surface area contributed by atoms with Crippen molar-refractivity contribution in [2.45, 2.75) is 37.6 Å². The second kappa shape index (κ2) is 4.57. The number of nitrogens with two attached hydrogens (primary N) is 1. The van der Waals surface area contributed by atoms with Gasteiger partial charge in [-0.15, -0.1) is 0 Å². The highest BCUT2D eigenvalue weighted by molar-refractivity contribution is 5.83. The van der Waals surface area contributed by atoms with Gasteiger partial charge in [0.1, 0.15) is 5.75 Å². The van der Waals surface area contributed by atoms with E-state index in [0.717, 1.165) is 18.6 Å². The summed E-state index contributed by atoms with van der Waals surface area (Å²) in [6.45, 7) is 0. The highest BCUT2D eigenvalue weighted by atomic mass is 16.5. The summed E-state index contributed by atoms with van der Waals surface area (Å²) in [6, 6.07) is 8.45. The summed E-state index contributed by atoms with van der Waals surface area (Å²) >= 11 is 0. The summed E-state index contributed by atoms with van der Waals surface area (Å²) in [5.41, 5.74) is 9.00. The molecule has 1 aliphatic carbocycles. The van der Waals surface area contributed by atoms with E-state index in [1.807, 2.05) is 6.07 Å². The van der Waals surface area contributed by atoms with Crippen LogP contribution in [0.25, 0.3) is 10.9 Å². The molecular formula is C16H22N2O. The lowest BCUT2D eigenvalue weighted by Gasteiger charge is -2.34. The molecule has 19 heavy (non-hydrogen) atoms. The van der Waals surface area contributed by atoms with Crippen molar-refractivity contribution in [3.05, 3.63) is 30.0 Å². The Balaban J connectivity index is 2.11. The van der Waals surface area contributed by atoms with Gasteiger partial charge in [-0.05, 0) is 37.1 Å². The zero-order valence-electron chi connectivity index (χ0n) is 11.8. The van der Waals surface area contributed by atoms with Crippen LogP contribution in [0, 0.1) is 0 Å². The fourth-order valence-corrected chi connectivity index (χ4v) is 3.37. The second-order valence-corrected chi connectivity index (χ2v) is 5.73. The third-order valence-corrected chi connectivity index (χ3v) is 4.51. The first-order valence-corrected chi connectivity index (χ1v) is 7.07. The van der Waals surface area contributed by atoms with Gasteiger partial charge in [-0.2, -0.15) is 0 Å². The Morgan fingerprint density at radius 1 is 1.16 bits per heavy atom. The molecule has 1 aromatic carbocycles. The Bertz CT molecular complexity index is 594. The van der Waals surface area contributed by atoms with Gasteiger partial charge in [-0.3, -0.25) is 0 Å². The fourth-order valence-electron chi connectivity index (χ4n) is 3.37. The summed E-state index contributed by atoms with van der Waals surface area (Å²) in [5, 5.41) is 1.22. The van der Waals surface area contributed by atoms with Crippen molar-refractivity contribution in [2.75, 3.05) is 7.11 Å². The zero-order valence-corrected chi connectivity index (χ0v) is 11.8. The van der Waals surface area contributed by atoms with Crippen LogP contribution in [0.2, 0.25) is 0 Å². The molecule has 0 atom stereocenters. The van der Waals surface area contributed by atoms with Gasteiger partial charge < -0.3 is 15.0 Å². The van der Waals surface area contributed by atoms with Crippen LogP contribution in [0.5, 0.6) is 5.75 Å². The van der Waals surface area contributed by atoms with Crippen LogP contribution in [0.1, 0.15) is 37.8 Å². The van der Waals surface area contributed by atoms with E-state index >= 15 is 0 Å². The van der Waals surface area contributed by atoms with E-state index in [1.54, 1.807) is 7.11 Å². The van der Waals surface area contributed by atoms with Crippen LogP contribution < -0.4 is 10.5 Å². The van der Waals surface area contributed by atoms with Gasteiger partial charge in [0.25, 0.3) is 0 Å². The molecule has 0 bridgehead atoms. The number of rotatable bonds is 2. The van der Waals surface area contributed by atoms with Gasteiger partial charge in [-0.1, -0.05) is 19.3 Å². The normalized spacial score (nSPS) is 18.7. The summed E-state index contributed by atoms with van der Waals surface area (Å²) < 4.78 is 7.55. The van der Waals surface area contributed by atoms with Gasteiger partial charge in [-0.25, -0.2) is 0 Å². The Labute approximate surface area is 114 Å². The lowest BCUT2D eigenvalue weighted by Crippen LogP contribution is -2.40. The van der Waals surface area contributed by atoms with Crippen molar-refractivity contribution in [3.63, 3.8) is 0 Å². The Morgan fingerprint density at radius 2 is 1.89 bits per heavy atom. The predicted octanol–water partition coefficient (Wildman–Crippen LogP) is 3.31. The Hall–Kier alpha value is -1.48. The molecule has 1 heterocycles. The van der Waals surface area contributed by atoms with Crippen LogP contribution in [0.4, 0.5) is 0 Å². The first kappa shape index (κ1) is 12.5. The molecule has 3 rings (SSSR count). The quantitative estimate of drug-likeness (QED) is 0.897. The number of nitrogens with zero attached hydrogens (tertiary/aromatic N) is 1. The summed E-state index contributed by atoms with van der Waals surface area (Å²) in [6.07, 6.45) is 5.97. The van der Waals surface area contributed by atoms with E-state index in [-0.39, 0.29) is 5.54 Å². The SMILES string of the molecule is COc1ccc2c(c1)cc(C1(N)CCCCC1)n2C. The van der Waals surface area contributed by atoms with Crippen LogP contribution in [0.3, 0.4) is 0 Å². The van der Waals surface area contributed by atoms with Crippen LogP contribution in [-0.4, -0.2) is 11.7 Å². The summed E-state index contributed by atoms with van der Waals surface area (Å²) in [4.78, 5) is 0. The minimum Gasteiger partial charge on any atom is -0.497 e. The van der Waals surface area contributed by atoms with E-state index in [9.17, 15) is 0 Å². The molecule has 1 aromatic heterocycles. The molecule has 0 aliphatic heterocycles. The second-order valence-electron chi connectivity index (χ2n) is 5.73. The minimum absolute atomic E-state index is 0.154. The van der Waals surface area contributed by atoms with Gasteiger partial charge in [0.2, 0.25) is 0 Å². The average Bonchev–Trinajstić information content (AvgIpc) is 2.77. The van der Waals surface area contributed by atoms with E-state index in [4.69, 9.17) is 10.5 Å². The molecule has 0 amide bonds. The largest absolute Gasteiger partial charge is 0.497 e. The highest BCUT2D eigenvalue weighted by Gasteiger charge is 2.32. The molecule has 1 aliphatic rings. The third-order valence-electron chi connectivity index (χ3n) is 4.51. The summed E-state index contributed by atoms with van der Waals surface area (Å²) in [7, 11) is 3.82. The first-order valence-electron chi connectivity index (χ1n) is 7.07. The molecule has 102 valence electrons. The van der Waals surface area contributed by atoms with Crippen molar-refractivity contribution < 1.29 is 4.74 Å². The van der Waals surface area contributed by atoms with Crippen LogP contribution in [-0.2, 0) is 12.6 Å².